The van der Waals surface area contributed by atoms with Crippen LogP contribution in [0, 0.1) is 0 Å². The zero-order valence-corrected chi connectivity index (χ0v) is 3.84. The predicted octanol–water partition coefficient (Wildman–Crippen LogP) is 0.564. The van der Waals surface area contributed by atoms with E-state index in [-0.39, 0.29) is 5.37 Å². The lowest BCUT2D eigenvalue weighted by Gasteiger charge is -1.89. The standard InChI is InChI=1S/C2HF3OS/c3-2(4,5)1-7-6/h1H. The van der Waals surface area contributed by atoms with E-state index >= 15 is 0 Å². The van der Waals surface area contributed by atoms with Crippen LogP contribution in [0.2, 0.25) is 0 Å². The average Bonchev–Trinajstić information content (AvgIpc) is 1.30. The maximum absolute atomic E-state index is 10.8. The summed E-state index contributed by atoms with van der Waals surface area (Å²) in [5, 5.41) is -0.326. The zero-order valence-electron chi connectivity index (χ0n) is 3.03. The molecule has 42 valence electrons. The molecule has 0 aliphatic carbocycles. The molecule has 7 heavy (non-hydrogen) atoms. The molecule has 0 heterocycles. The smallest absolute Gasteiger partial charge is 0.212 e. The quantitative estimate of drug-likeness (QED) is 0.438. The molecule has 0 bridgehead atoms. The summed E-state index contributed by atoms with van der Waals surface area (Å²) in [6.07, 6.45) is -4.42. The monoisotopic (exact) mass is 130 g/mol. The highest BCUT2D eigenvalue weighted by molar-refractivity contribution is 7.65. The molecule has 0 saturated heterocycles. The van der Waals surface area contributed by atoms with Gasteiger partial charge in [0.1, 0.15) is 5.37 Å². The predicted molar refractivity (Wildman–Crippen MR) is 20.3 cm³/mol. The molecule has 0 radical (unpaired) electrons. The fourth-order valence-corrected chi connectivity index (χ4v) is 0.164. The van der Waals surface area contributed by atoms with Crippen LogP contribution in [0.4, 0.5) is 13.2 Å². The molecule has 5 heteroatoms. The van der Waals surface area contributed by atoms with Gasteiger partial charge in [-0.15, -0.1) is 0 Å². The first-order chi connectivity index (χ1) is 3.06. The SMILES string of the molecule is O=S=CC(F)(F)F. The van der Waals surface area contributed by atoms with Gasteiger partial charge in [-0.05, 0) is 0 Å². The third-order valence-corrected chi connectivity index (χ3v) is 0.545. The minimum absolute atomic E-state index is 0.326. The summed E-state index contributed by atoms with van der Waals surface area (Å²) in [7, 11) is 0. The van der Waals surface area contributed by atoms with Gasteiger partial charge in [-0.3, -0.25) is 0 Å². The largest absolute Gasteiger partial charge is 0.421 e. The third kappa shape index (κ3) is 5.68. The minimum atomic E-state index is -4.42. The van der Waals surface area contributed by atoms with Crippen LogP contribution < -0.4 is 0 Å². The van der Waals surface area contributed by atoms with Crippen LogP contribution in [0.5, 0.6) is 0 Å². The Morgan fingerprint density at radius 3 is 1.86 bits per heavy atom. The highest BCUT2D eigenvalue weighted by Crippen LogP contribution is 2.08. The topological polar surface area (TPSA) is 17.1 Å². The first-order valence-electron chi connectivity index (χ1n) is 1.26. The van der Waals surface area contributed by atoms with Gasteiger partial charge in [0.05, 0.1) is 11.3 Å². The molecule has 0 aromatic heterocycles. The number of hydrogen-bond donors (Lipinski definition) is 0. The van der Waals surface area contributed by atoms with Crippen molar-refractivity contribution in [1.29, 1.82) is 0 Å². The molecule has 1 nitrogen and oxygen atoms in total. The van der Waals surface area contributed by atoms with Gasteiger partial charge in [0.15, 0.2) is 0 Å². The molecule has 0 spiro atoms. The van der Waals surface area contributed by atoms with Gasteiger partial charge in [-0.1, -0.05) is 0 Å². The van der Waals surface area contributed by atoms with Crippen molar-refractivity contribution in [3.8, 4) is 0 Å². The van der Waals surface area contributed by atoms with Crippen molar-refractivity contribution in [3.05, 3.63) is 0 Å². The van der Waals surface area contributed by atoms with Gasteiger partial charge in [-0.25, -0.2) is 4.21 Å². The Morgan fingerprint density at radius 2 is 1.86 bits per heavy atom. The van der Waals surface area contributed by atoms with E-state index in [4.69, 9.17) is 4.21 Å². The first kappa shape index (κ1) is 6.68. The number of hydrogen-bond acceptors (Lipinski definition) is 1. The second kappa shape index (κ2) is 2.11. The maximum atomic E-state index is 10.8. The fourth-order valence-electron chi connectivity index (χ4n) is 0.0546. The van der Waals surface area contributed by atoms with Gasteiger partial charge in [0.25, 0.3) is 0 Å². The molecule has 0 unspecified atom stereocenters. The van der Waals surface area contributed by atoms with Gasteiger partial charge >= 0.3 is 6.18 Å². The Kier molecular flexibility index (Phi) is 2.01. The van der Waals surface area contributed by atoms with Crippen molar-refractivity contribution in [2.24, 2.45) is 0 Å². The molecular weight excluding hydrogens is 129 g/mol. The molecule has 0 aromatic rings. The maximum Gasteiger partial charge on any atom is 0.421 e. The highest BCUT2D eigenvalue weighted by atomic mass is 32.1. The van der Waals surface area contributed by atoms with Crippen molar-refractivity contribution in [2.45, 2.75) is 6.18 Å². The molecule has 0 saturated carbocycles. The van der Waals surface area contributed by atoms with Crippen LogP contribution in [0.1, 0.15) is 0 Å². The number of alkyl halides is 3. The summed E-state index contributed by atoms with van der Waals surface area (Å²) in [5.41, 5.74) is 0. The molecule has 0 amide bonds. The normalized spacial score (nSPS) is 10.7. The van der Waals surface area contributed by atoms with Gasteiger partial charge in [0.2, 0.25) is 0 Å². The Morgan fingerprint density at radius 1 is 1.43 bits per heavy atom. The molecular formula is C2HF3OS. The lowest BCUT2D eigenvalue weighted by molar-refractivity contribution is -0.0515. The van der Waals surface area contributed by atoms with Crippen molar-refractivity contribution in [2.75, 3.05) is 0 Å². The molecule has 0 N–H and O–H groups in total. The van der Waals surface area contributed by atoms with E-state index in [0.29, 0.717) is 0 Å². The second-order valence-corrected chi connectivity index (χ2v) is 1.18. The van der Waals surface area contributed by atoms with Crippen molar-refractivity contribution in [3.63, 3.8) is 0 Å². The Bertz CT molecular complexity index is 100.0. The molecule has 0 rings (SSSR count). The Balaban J connectivity index is 3.80. The van der Waals surface area contributed by atoms with E-state index in [1.54, 1.807) is 0 Å². The third-order valence-electron chi connectivity index (χ3n) is 0.182. The van der Waals surface area contributed by atoms with Crippen LogP contribution in [0.15, 0.2) is 0 Å². The van der Waals surface area contributed by atoms with Gasteiger partial charge in [0, 0.05) is 0 Å². The van der Waals surface area contributed by atoms with E-state index in [9.17, 15) is 13.2 Å². The fraction of sp³-hybridized carbons (Fsp3) is 0.500. The Hall–Kier alpha value is -0.320. The average molecular weight is 130 g/mol. The van der Waals surface area contributed by atoms with E-state index in [2.05, 4.69) is 0 Å². The lowest BCUT2D eigenvalue weighted by Crippen LogP contribution is -2.07. The summed E-state index contributed by atoms with van der Waals surface area (Å²) in [4.78, 5) is 0. The molecule has 0 aliphatic rings. The van der Waals surface area contributed by atoms with Crippen LogP contribution in [0.25, 0.3) is 0 Å². The van der Waals surface area contributed by atoms with Crippen molar-refractivity contribution in [1.82, 2.24) is 0 Å². The Labute approximate surface area is 41.2 Å². The summed E-state index contributed by atoms with van der Waals surface area (Å²) < 4.78 is 41.4. The summed E-state index contributed by atoms with van der Waals surface area (Å²) in [5.74, 6) is 0. The van der Waals surface area contributed by atoms with Crippen LogP contribution >= 0.6 is 0 Å². The van der Waals surface area contributed by atoms with Gasteiger partial charge in [-0.2, -0.15) is 13.2 Å². The molecule has 0 aromatic carbocycles. The lowest BCUT2D eigenvalue weighted by atomic mass is 10.8. The molecule has 0 atom stereocenters. The van der Waals surface area contributed by atoms with Crippen molar-refractivity contribution < 1.29 is 17.4 Å². The van der Waals surface area contributed by atoms with Crippen LogP contribution in [-0.4, -0.2) is 15.8 Å². The van der Waals surface area contributed by atoms with Gasteiger partial charge < -0.3 is 0 Å². The number of halogens is 3. The van der Waals surface area contributed by atoms with Crippen LogP contribution in [0.3, 0.4) is 0 Å². The summed E-state index contributed by atoms with van der Waals surface area (Å²) in [6, 6.07) is 0. The zero-order chi connectivity index (χ0) is 5.91. The second-order valence-electron chi connectivity index (χ2n) is 0.756. The van der Waals surface area contributed by atoms with E-state index < -0.39 is 17.4 Å². The first-order valence-corrected chi connectivity index (χ1v) is 2.06. The van der Waals surface area contributed by atoms with Crippen molar-refractivity contribution >= 4 is 16.6 Å². The van der Waals surface area contributed by atoms with E-state index in [1.807, 2.05) is 0 Å². The van der Waals surface area contributed by atoms with Crippen LogP contribution in [-0.2, 0) is 11.3 Å². The van der Waals surface area contributed by atoms with E-state index in [0.717, 1.165) is 0 Å². The number of rotatable bonds is 0. The highest BCUT2D eigenvalue weighted by Gasteiger charge is 2.22. The molecule has 0 aliphatic heterocycles. The summed E-state index contributed by atoms with van der Waals surface area (Å²) >= 11 is -0.591. The molecule has 0 fully saturated rings. The van der Waals surface area contributed by atoms with E-state index in [1.165, 1.54) is 0 Å². The minimum Gasteiger partial charge on any atom is -0.212 e. The summed E-state index contributed by atoms with van der Waals surface area (Å²) in [6.45, 7) is 0.